The van der Waals surface area contributed by atoms with Crippen molar-refractivity contribution in [1.82, 2.24) is 5.43 Å². The summed E-state index contributed by atoms with van der Waals surface area (Å²) in [5.41, 5.74) is 3.44. The highest BCUT2D eigenvalue weighted by molar-refractivity contribution is 7.98. The van der Waals surface area contributed by atoms with Crippen LogP contribution in [-0.4, -0.2) is 47.6 Å². The van der Waals surface area contributed by atoms with E-state index in [0.29, 0.717) is 11.5 Å². The topological polar surface area (TPSA) is 97.3 Å². The summed E-state index contributed by atoms with van der Waals surface area (Å²) >= 11 is 1.62. The fraction of sp³-hybridized carbons (Fsp3) is 0.167. The molecule has 3 rings (SSSR count). The number of amides is 1. The third-order valence-corrected chi connectivity index (χ3v) is 7.32. The van der Waals surface area contributed by atoms with Crippen molar-refractivity contribution in [2.24, 2.45) is 5.10 Å². The van der Waals surface area contributed by atoms with Gasteiger partial charge in [0.25, 0.3) is 15.9 Å². The van der Waals surface area contributed by atoms with Gasteiger partial charge >= 0.3 is 0 Å². The first-order valence-corrected chi connectivity index (χ1v) is 12.8. The second-order valence-electron chi connectivity index (χ2n) is 6.93. The van der Waals surface area contributed by atoms with Crippen molar-refractivity contribution in [3.05, 3.63) is 78.4 Å². The number of hydrazone groups is 1. The van der Waals surface area contributed by atoms with Crippen LogP contribution in [0.15, 0.2) is 87.7 Å². The number of anilines is 1. The molecule has 3 aromatic rings. The van der Waals surface area contributed by atoms with Gasteiger partial charge in [-0.15, -0.1) is 11.8 Å². The standard InChI is InChI=1S/C24H25N3O5S2/c1-31-22-14-11-19(15-23(22)32-2)27(34(29,30)21-7-5-4-6-8-21)17-24(28)26-25-16-18-9-12-20(33-3)13-10-18/h4-16H,17H2,1-3H3,(H,26,28)/b25-16-. The average Bonchev–Trinajstić information content (AvgIpc) is 2.87. The molecule has 0 radical (unpaired) electrons. The Hall–Kier alpha value is -3.50. The molecule has 0 fully saturated rings. The minimum absolute atomic E-state index is 0.0509. The molecule has 0 heterocycles. The van der Waals surface area contributed by atoms with Crippen LogP contribution in [0.4, 0.5) is 5.69 Å². The molecule has 8 nitrogen and oxygen atoms in total. The molecule has 0 aliphatic rings. The van der Waals surface area contributed by atoms with E-state index >= 15 is 0 Å². The van der Waals surface area contributed by atoms with Crippen LogP contribution in [0.3, 0.4) is 0 Å². The van der Waals surface area contributed by atoms with E-state index < -0.39 is 22.5 Å². The normalized spacial score (nSPS) is 11.3. The van der Waals surface area contributed by atoms with E-state index in [4.69, 9.17) is 9.47 Å². The van der Waals surface area contributed by atoms with Crippen LogP contribution in [-0.2, 0) is 14.8 Å². The van der Waals surface area contributed by atoms with Crippen LogP contribution in [0.2, 0.25) is 0 Å². The quantitative estimate of drug-likeness (QED) is 0.259. The molecule has 0 unspecified atom stereocenters. The van der Waals surface area contributed by atoms with E-state index in [1.165, 1.54) is 38.6 Å². The van der Waals surface area contributed by atoms with Crippen molar-refractivity contribution in [2.75, 3.05) is 31.3 Å². The molecule has 0 aliphatic heterocycles. The molecular weight excluding hydrogens is 474 g/mol. The SMILES string of the molecule is COc1ccc(N(CC(=O)N/N=C\c2ccc(SC)cc2)S(=O)(=O)c2ccccc2)cc1OC. The van der Waals surface area contributed by atoms with Gasteiger partial charge in [0.1, 0.15) is 6.54 Å². The van der Waals surface area contributed by atoms with Crippen LogP contribution in [0, 0.1) is 0 Å². The largest absolute Gasteiger partial charge is 0.493 e. The maximum Gasteiger partial charge on any atom is 0.264 e. The molecular formula is C24H25N3O5S2. The lowest BCUT2D eigenvalue weighted by Crippen LogP contribution is -2.39. The molecule has 1 N–H and O–H groups in total. The summed E-state index contributed by atoms with van der Waals surface area (Å²) < 4.78 is 38.4. The summed E-state index contributed by atoms with van der Waals surface area (Å²) in [6.07, 6.45) is 3.48. The minimum atomic E-state index is -4.06. The first-order chi connectivity index (χ1) is 16.4. The molecule has 0 saturated heterocycles. The van der Waals surface area contributed by atoms with Crippen LogP contribution in [0.1, 0.15) is 5.56 Å². The van der Waals surface area contributed by atoms with Crippen LogP contribution >= 0.6 is 11.8 Å². The number of thioether (sulfide) groups is 1. The van der Waals surface area contributed by atoms with Crippen molar-refractivity contribution >= 4 is 39.6 Å². The van der Waals surface area contributed by atoms with Crippen LogP contribution in [0.25, 0.3) is 0 Å². The molecule has 3 aromatic carbocycles. The fourth-order valence-corrected chi connectivity index (χ4v) is 4.89. The Labute approximate surface area is 203 Å². The molecule has 34 heavy (non-hydrogen) atoms. The highest BCUT2D eigenvalue weighted by Gasteiger charge is 2.28. The van der Waals surface area contributed by atoms with Crippen molar-refractivity contribution in [2.45, 2.75) is 9.79 Å². The third kappa shape index (κ3) is 6.09. The summed E-state index contributed by atoms with van der Waals surface area (Å²) in [7, 11) is -1.13. The molecule has 0 aliphatic carbocycles. The van der Waals surface area contributed by atoms with Gasteiger partial charge in [0.15, 0.2) is 11.5 Å². The van der Waals surface area contributed by atoms with Gasteiger partial charge in [-0.3, -0.25) is 9.10 Å². The molecule has 0 spiro atoms. The monoisotopic (exact) mass is 499 g/mol. The smallest absolute Gasteiger partial charge is 0.264 e. The zero-order valence-electron chi connectivity index (χ0n) is 19.0. The highest BCUT2D eigenvalue weighted by atomic mass is 32.2. The number of methoxy groups -OCH3 is 2. The van der Waals surface area contributed by atoms with Gasteiger partial charge in [-0.05, 0) is 48.2 Å². The number of nitrogens with one attached hydrogen (secondary N) is 1. The highest BCUT2D eigenvalue weighted by Crippen LogP contribution is 2.33. The number of hydrogen-bond acceptors (Lipinski definition) is 7. The van der Waals surface area contributed by atoms with Gasteiger partial charge < -0.3 is 9.47 Å². The van der Waals surface area contributed by atoms with Gasteiger partial charge in [-0.2, -0.15) is 5.10 Å². The summed E-state index contributed by atoms with van der Waals surface area (Å²) in [6, 6.07) is 20.2. The van der Waals surface area contributed by atoms with Crippen LogP contribution in [0.5, 0.6) is 11.5 Å². The summed E-state index contributed by atoms with van der Waals surface area (Å²) in [5, 5.41) is 3.96. The number of hydrogen-bond donors (Lipinski definition) is 1. The Morgan fingerprint density at radius 2 is 1.68 bits per heavy atom. The number of sulfonamides is 1. The summed E-state index contributed by atoms with van der Waals surface area (Å²) in [4.78, 5) is 13.8. The number of rotatable bonds is 10. The molecule has 0 aromatic heterocycles. The van der Waals surface area contributed by atoms with Crippen molar-refractivity contribution < 1.29 is 22.7 Å². The number of carbonyl (C=O) groups is 1. The second-order valence-corrected chi connectivity index (χ2v) is 9.67. The number of carbonyl (C=O) groups excluding carboxylic acids is 1. The van der Waals surface area contributed by atoms with E-state index in [0.717, 1.165) is 14.8 Å². The molecule has 0 saturated carbocycles. The van der Waals surface area contributed by atoms with E-state index in [9.17, 15) is 13.2 Å². The lowest BCUT2D eigenvalue weighted by Gasteiger charge is -2.24. The number of benzene rings is 3. The van der Waals surface area contributed by atoms with E-state index in [-0.39, 0.29) is 10.6 Å². The molecule has 0 atom stereocenters. The van der Waals surface area contributed by atoms with Crippen molar-refractivity contribution in [3.63, 3.8) is 0 Å². The van der Waals surface area contributed by atoms with Gasteiger partial charge in [-0.25, -0.2) is 13.8 Å². The zero-order valence-corrected chi connectivity index (χ0v) is 20.6. The lowest BCUT2D eigenvalue weighted by molar-refractivity contribution is -0.119. The Bertz CT molecular complexity index is 1250. The summed E-state index contributed by atoms with van der Waals surface area (Å²) in [5.74, 6) is 0.163. The molecule has 0 bridgehead atoms. The van der Waals surface area contributed by atoms with Crippen LogP contribution < -0.4 is 19.2 Å². The van der Waals surface area contributed by atoms with Gasteiger partial charge in [0.05, 0.1) is 31.0 Å². The predicted molar refractivity (Wildman–Crippen MR) is 134 cm³/mol. The molecule has 1 amide bonds. The summed E-state index contributed by atoms with van der Waals surface area (Å²) in [6.45, 7) is -0.491. The van der Waals surface area contributed by atoms with Crippen molar-refractivity contribution in [1.29, 1.82) is 0 Å². The Kier molecular flexibility index (Phi) is 8.55. The van der Waals surface area contributed by atoms with Gasteiger partial charge in [0, 0.05) is 11.0 Å². The maximum atomic E-state index is 13.4. The predicted octanol–water partition coefficient (Wildman–Crippen LogP) is 3.77. The first kappa shape index (κ1) is 25.1. The number of nitrogens with zero attached hydrogens (tertiary/aromatic N) is 2. The molecule has 10 heteroatoms. The lowest BCUT2D eigenvalue weighted by atomic mass is 10.2. The fourth-order valence-electron chi connectivity index (χ4n) is 3.05. The van der Waals surface area contributed by atoms with E-state index in [1.807, 2.05) is 30.5 Å². The number of ether oxygens (including phenoxy) is 2. The van der Waals surface area contributed by atoms with Gasteiger partial charge in [0.2, 0.25) is 0 Å². The minimum Gasteiger partial charge on any atom is -0.493 e. The Morgan fingerprint density at radius 1 is 1.00 bits per heavy atom. The Balaban J connectivity index is 1.86. The maximum absolute atomic E-state index is 13.4. The first-order valence-electron chi connectivity index (χ1n) is 10.1. The zero-order chi connectivity index (χ0) is 24.6. The third-order valence-electron chi connectivity index (χ3n) is 4.79. The van der Waals surface area contributed by atoms with E-state index in [1.54, 1.807) is 42.1 Å². The van der Waals surface area contributed by atoms with E-state index in [2.05, 4.69) is 10.5 Å². The Morgan fingerprint density at radius 3 is 2.29 bits per heavy atom. The second kappa shape index (κ2) is 11.6. The van der Waals surface area contributed by atoms with Gasteiger partial charge in [-0.1, -0.05) is 30.3 Å². The average molecular weight is 500 g/mol. The van der Waals surface area contributed by atoms with Crippen molar-refractivity contribution in [3.8, 4) is 11.5 Å². The molecule has 178 valence electrons.